The smallest absolute Gasteiger partial charge is 0.169 e. The third-order valence-corrected chi connectivity index (χ3v) is 5.55. The van der Waals surface area contributed by atoms with Crippen LogP contribution in [0.2, 0.25) is 0 Å². The van der Waals surface area contributed by atoms with Gasteiger partial charge in [-0.05, 0) is 48.1 Å². The van der Waals surface area contributed by atoms with Gasteiger partial charge in [0, 0.05) is 44.8 Å². The topological polar surface area (TPSA) is 46.2 Å². The largest absolute Gasteiger partial charge is 0.497 e. The molecule has 1 heterocycles. The molecule has 6 nitrogen and oxygen atoms in total. The van der Waals surface area contributed by atoms with E-state index in [2.05, 4.69) is 15.1 Å². The Labute approximate surface area is 178 Å². The van der Waals surface area contributed by atoms with Crippen molar-refractivity contribution in [1.82, 2.24) is 15.1 Å². The summed E-state index contributed by atoms with van der Waals surface area (Å²) < 4.78 is 16.1. The van der Waals surface area contributed by atoms with Crippen LogP contribution < -0.4 is 19.5 Å². The monoisotopic (exact) mass is 415 g/mol. The van der Waals surface area contributed by atoms with Crippen LogP contribution in [0.3, 0.4) is 0 Å². The maximum atomic E-state index is 5.60. The zero-order valence-corrected chi connectivity index (χ0v) is 18.1. The first kappa shape index (κ1) is 21.2. The van der Waals surface area contributed by atoms with Crippen molar-refractivity contribution in [3.05, 3.63) is 53.6 Å². The zero-order valence-electron chi connectivity index (χ0n) is 17.3. The summed E-state index contributed by atoms with van der Waals surface area (Å²) in [4.78, 5) is 4.65. The first-order chi connectivity index (χ1) is 14.1. The highest BCUT2D eigenvalue weighted by Gasteiger charge is 2.20. The van der Waals surface area contributed by atoms with Crippen LogP contribution in [0.4, 0.5) is 0 Å². The fraction of sp³-hybridized carbons (Fsp3) is 0.409. The molecule has 1 fully saturated rings. The number of benzene rings is 2. The highest BCUT2D eigenvalue weighted by atomic mass is 32.1. The van der Waals surface area contributed by atoms with Gasteiger partial charge in [0.25, 0.3) is 0 Å². The molecule has 0 bridgehead atoms. The molecular formula is C22H29N3O3S. The summed E-state index contributed by atoms with van der Waals surface area (Å²) in [5.41, 5.74) is 2.32. The molecule has 156 valence electrons. The average molecular weight is 416 g/mol. The molecule has 0 radical (unpaired) electrons. The zero-order chi connectivity index (χ0) is 20.6. The Morgan fingerprint density at radius 1 is 0.897 bits per heavy atom. The van der Waals surface area contributed by atoms with Crippen LogP contribution in [0.1, 0.15) is 11.1 Å². The summed E-state index contributed by atoms with van der Waals surface area (Å²) in [5.74, 6) is 2.60. The second-order valence-corrected chi connectivity index (χ2v) is 7.33. The molecule has 0 atom stereocenters. The molecule has 0 aliphatic carbocycles. The lowest BCUT2D eigenvalue weighted by molar-refractivity contribution is 0.173. The molecule has 0 spiro atoms. The SMILES string of the molecule is COc1ccc(CNC(=S)N2CCN(Cc3cc(OC)ccc3OC)CC2)cc1. The summed E-state index contributed by atoms with van der Waals surface area (Å²) in [6.07, 6.45) is 0. The number of hydrogen-bond acceptors (Lipinski definition) is 5. The molecule has 29 heavy (non-hydrogen) atoms. The molecule has 0 saturated carbocycles. The molecule has 1 saturated heterocycles. The van der Waals surface area contributed by atoms with Crippen LogP contribution in [0.5, 0.6) is 17.2 Å². The van der Waals surface area contributed by atoms with Gasteiger partial charge in [0.2, 0.25) is 0 Å². The van der Waals surface area contributed by atoms with Gasteiger partial charge in [0.15, 0.2) is 5.11 Å². The lowest BCUT2D eigenvalue weighted by Crippen LogP contribution is -2.51. The summed E-state index contributed by atoms with van der Waals surface area (Å²) in [6.45, 7) is 5.25. The highest BCUT2D eigenvalue weighted by molar-refractivity contribution is 7.80. The predicted molar refractivity (Wildman–Crippen MR) is 119 cm³/mol. The van der Waals surface area contributed by atoms with Gasteiger partial charge in [-0.25, -0.2) is 0 Å². The second kappa shape index (κ2) is 10.3. The number of nitrogens with one attached hydrogen (secondary N) is 1. The van der Waals surface area contributed by atoms with Gasteiger partial charge in [0.05, 0.1) is 21.3 Å². The van der Waals surface area contributed by atoms with Crippen molar-refractivity contribution in [3.63, 3.8) is 0 Å². The lowest BCUT2D eigenvalue weighted by Gasteiger charge is -2.36. The van der Waals surface area contributed by atoms with Gasteiger partial charge < -0.3 is 24.4 Å². The van der Waals surface area contributed by atoms with Gasteiger partial charge in [-0.3, -0.25) is 4.90 Å². The summed E-state index contributed by atoms with van der Waals surface area (Å²) >= 11 is 5.60. The number of ether oxygens (including phenoxy) is 3. The van der Waals surface area contributed by atoms with E-state index in [-0.39, 0.29) is 0 Å². The van der Waals surface area contributed by atoms with Crippen LogP contribution in [-0.2, 0) is 13.1 Å². The van der Waals surface area contributed by atoms with Crippen LogP contribution in [-0.4, -0.2) is 62.4 Å². The Hall–Kier alpha value is -2.51. The summed E-state index contributed by atoms with van der Waals surface area (Å²) in [7, 11) is 5.06. The Bertz CT molecular complexity index is 805. The Balaban J connectivity index is 1.48. The maximum Gasteiger partial charge on any atom is 0.169 e. The van der Waals surface area contributed by atoms with Gasteiger partial charge in [-0.15, -0.1) is 0 Å². The van der Waals surface area contributed by atoms with E-state index in [0.29, 0.717) is 6.54 Å². The number of piperazine rings is 1. The second-order valence-electron chi connectivity index (χ2n) is 6.95. The predicted octanol–water partition coefficient (Wildman–Crippen LogP) is 2.90. The third kappa shape index (κ3) is 5.74. The van der Waals surface area contributed by atoms with E-state index in [1.54, 1.807) is 21.3 Å². The number of thiocarbonyl (C=S) groups is 1. The number of methoxy groups -OCH3 is 3. The van der Waals surface area contributed by atoms with Crippen molar-refractivity contribution in [1.29, 1.82) is 0 Å². The van der Waals surface area contributed by atoms with Gasteiger partial charge >= 0.3 is 0 Å². The average Bonchev–Trinajstić information content (AvgIpc) is 2.78. The molecular weight excluding hydrogens is 386 g/mol. The van der Waals surface area contributed by atoms with Crippen LogP contribution in [0, 0.1) is 0 Å². The number of nitrogens with zero attached hydrogens (tertiary/aromatic N) is 2. The molecule has 3 rings (SSSR count). The fourth-order valence-corrected chi connectivity index (χ4v) is 3.64. The van der Waals surface area contributed by atoms with Crippen molar-refractivity contribution >= 4 is 17.3 Å². The quantitative estimate of drug-likeness (QED) is 0.698. The first-order valence-electron chi connectivity index (χ1n) is 9.72. The van der Waals surface area contributed by atoms with Crippen molar-refractivity contribution in [3.8, 4) is 17.2 Å². The fourth-order valence-electron chi connectivity index (χ4n) is 3.39. The molecule has 1 aliphatic heterocycles. The first-order valence-corrected chi connectivity index (χ1v) is 10.1. The van der Waals surface area contributed by atoms with Gasteiger partial charge in [-0.1, -0.05) is 12.1 Å². The molecule has 2 aromatic carbocycles. The van der Waals surface area contributed by atoms with E-state index < -0.39 is 0 Å². The molecule has 0 unspecified atom stereocenters. The van der Waals surface area contributed by atoms with Gasteiger partial charge in [0.1, 0.15) is 17.2 Å². The standard InChI is InChI=1S/C22H29N3O3S/c1-26-19-6-4-17(5-7-19)15-23-22(29)25-12-10-24(11-13-25)16-18-14-20(27-2)8-9-21(18)28-3/h4-9,14H,10-13,15-16H2,1-3H3,(H,23,29). The minimum absolute atomic E-state index is 0.712. The molecule has 0 amide bonds. The van der Waals surface area contributed by atoms with E-state index in [4.69, 9.17) is 26.4 Å². The van der Waals surface area contributed by atoms with E-state index in [1.807, 2.05) is 42.5 Å². The maximum absolute atomic E-state index is 5.60. The van der Waals surface area contributed by atoms with Gasteiger partial charge in [-0.2, -0.15) is 0 Å². The number of hydrogen-bond donors (Lipinski definition) is 1. The minimum atomic E-state index is 0.712. The number of rotatable bonds is 7. The van der Waals surface area contributed by atoms with Crippen molar-refractivity contribution in [2.45, 2.75) is 13.1 Å². The molecule has 0 aromatic heterocycles. The third-order valence-electron chi connectivity index (χ3n) is 5.14. The van der Waals surface area contributed by atoms with Crippen LogP contribution >= 0.6 is 12.2 Å². The van der Waals surface area contributed by atoms with Crippen LogP contribution in [0.25, 0.3) is 0 Å². The molecule has 1 N–H and O–H groups in total. The molecule has 1 aliphatic rings. The van der Waals surface area contributed by atoms with E-state index in [0.717, 1.165) is 60.6 Å². The van der Waals surface area contributed by atoms with Crippen molar-refractivity contribution < 1.29 is 14.2 Å². The van der Waals surface area contributed by atoms with Crippen molar-refractivity contribution in [2.24, 2.45) is 0 Å². The van der Waals surface area contributed by atoms with Crippen LogP contribution in [0.15, 0.2) is 42.5 Å². The molecule has 2 aromatic rings. The Morgan fingerprint density at radius 2 is 1.55 bits per heavy atom. The van der Waals surface area contributed by atoms with Crippen molar-refractivity contribution in [2.75, 3.05) is 47.5 Å². The normalized spacial score (nSPS) is 14.4. The Morgan fingerprint density at radius 3 is 2.17 bits per heavy atom. The lowest BCUT2D eigenvalue weighted by atomic mass is 10.1. The van der Waals surface area contributed by atoms with E-state index >= 15 is 0 Å². The highest BCUT2D eigenvalue weighted by Crippen LogP contribution is 2.25. The van der Waals surface area contributed by atoms with E-state index in [9.17, 15) is 0 Å². The Kier molecular flexibility index (Phi) is 7.55. The van der Waals surface area contributed by atoms with E-state index in [1.165, 1.54) is 5.56 Å². The summed E-state index contributed by atoms with van der Waals surface area (Å²) in [6, 6.07) is 14.0. The summed E-state index contributed by atoms with van der Waals surface area (Å²) in [5, 5.41) is 4.17. The minimum Gasteiger partial charge on any atom is -0.497 e. The molecule has 7 heteroatoms.